The summed E-state index contributed by atoms with van der Waals surface area (Å²) in [5.41, 5.74) is 1.90. The highest BCUT2D eigenvalue weighted by Crippen LogP contribution is 2.45. The van der Waals surface area contributed by atoms with Crippen molar-refractivity contribution in [1.82, 2.24) is 4.90 Å². The molecule has 4 rings (SSSR count). The van der Waals surface area contributed by atoms with Crippen LogP contribution in [0.4, 0.5) is 0 Å². The molecule has 36 heavy (non-hydrogen) atoms. The molecule has 0 spiro atoms. The predicted molar refractivity (Wildman–Crippen MR) is 137 cm³/mol. The molecule has 1 N–H and O–H groups in total. The summed E-state index contributed by atoms with van der Waals surface area (Å²) in [6, 6.07) is 18.6. The lowest BCUT2D eigenvalue weighted by molar-refractivity contribution is -0.139. The van der Waals surface area contributed by atoms with Gasteiger partial charge in [-0.3, -0.25) is 9.59 Å². The van der Waals surface area contributed by atoms with Crippen LogP contribution >= 0.6 is 11.6 Å². The van der Waals surface area contributed by atoms with Crippen LogP contribution in [0.25, 0.3) is 5.76 Å². The van der Waals surface area contributed by atoms with E-state index in [0.29, 0.717) is 39.8 Å². The molecule has 0 bridgehead atoms. The van der Waals surface area contributed by atoms with Crippen LogP contribution in [0.5, 0.6) is 17.2 Å². The van der Waals surface area contributed by atoms with Gasteiger partial charge in [-0.15, -0.1) is 0 Å². The largest absolute Gasteiger partial charge is 0.507 e. The molecule has 1 saturated heterocycles. The second kappa shape index (κ2) is 10.7. The molecule has 0 saturated carbocycles. The normalized spacial score (nSPS) is 16.8. The summed E-state index contributed by atoms with van der Waals surface area (Å²) in [7, 11) is 4.47. The van der Waals surface area contributed by atoms with Gasteiger partial charge in [0.2, 0.25) is 5.75 Å². The van der Waals surface area contributed by atoms with E-state index >= 15 is 0 Å². The number of hydrogen-bond acceptors (Lipinski definition) is 6. The molecule has 0 radical (unpaired) electrons. The van der Waals surface area contributed by atoms with Crippen molar-refractivity contribution in [2.75, 3.05) is 27.9 Å². The molecular weight excluding hydrogens is 482 g/mol. The zero-order valence-electron chi connectivity index (χ0n) is 20.2. The SMILES string of the molecule is COc1cc(C2C(=C(O)c3ccc(Cl)cc3)C(=O)C(=O)N2CCc2ccccc2)cc(OC)c1OC. The maximum Gasteiger partial charge on any atom is 0.295 e. The summed E-state index contributed by atoms with van der Waals surface area (Å²) < 4.78 is 16.4. The second-order valence-corrected chi connectivity index (χ2v) is 8.63. The van der Waals surface area contributed by atoms with Gasteiger partial charge in [-0.1, -0.05) is 41.9 Å². The quantitative estimate of drug-likeness (QED) is 0.261. The minimum Gasteiger partial charge on any atom is -0.507 e. The smallest absolute Gasteiger partial charge is 0.295 e. The lowest BCUT2D eigenvalue weighted by atomic mass is 9.94. The van der Waals surface area contributed by atoms with Crippen LogP contribution in [0.1, 0.15) is 22.7 Å². The fraction of sp³-hybridized carbons (Fsp3) is 0.214. The Morgan fingerprint density at radius 1 is 0.917 bits per heavy atom. The van der Waals surface area contributed by atoms with Crippen molar-refractivity contribution in [2.45, 2.75) is 12.5 Å². The average molecular weight is 508 g/mol. The highest BCUT2D eigenvalue weighted by molar-refractivity contribution is 6.46. The number of Topliss-reactive ketones (excluding diaryl/α,β-unsaturated/α-hetero) is 1. The number of amides is 1. The third-order valence-corrected chi connectivity index (χ3v) is 6.40. The molecule has 1 unspecified atom stereocenters. The van der Waals surface area contributed by atoms with Gasteiger partial charge in [-0.05, 0) is 53.9 Å². The topological polar surface area (TPSA) is 85.3 Å². The lowest BCUT2D eigenvalue weighted by Crippen LogP contribution is -2.31. The zero-order valence-corrected chi connectivity index (χ0v) is 20.9. The summed E-state index contributed by atoms with van der Waals surface area (Å²) in [5, 5.41) is 11.7. The molecular formula is C28H26ClNO6. The molecule has 8 heteroatoms. The molecule has 1 aliphatic rings. The van der Waals surface area contributed by atoms with Crippen LogP contribution in [-0.4, -0.2) is 49.6 Å². The van der Waals surface area contributed by atoms with E-state index in [1.54, 1.807) is 36.4 Å². The second-order valence-electron chi connectivity index (χ2n) is 8.19. The molecule has 3 aromatic carbocycles. The number of carbonyl (C=O) groups is 2. The molecule has 0 aliphatic carbocycles. The molecule has 1 amide bonds. The standard InChI is InChI=1S/C28H26ClNO6/c1-34-21-15-19(16-22(35-2)27(21)36-3)24-23(25(31)18-9-11-20(29)12-10-18)26(32)28(33)30(24)14-13-17-7-5-4-6-8-17/h4-12,15-16,24,31H,13-14H2,1-3H3. The molecule has 1 fully saturated rings. The molecule has 0 aromatic heterocycles. The number of methoxy groups -OCH3 is 3. The van der Waals surface area contributed by atoms with Gasteiger partial charge in [0.25, 0.3) is 11.7 Å². The van der Waals surface area contributed by atoms with Gasteiger partial charge in [0.1, 0.15) is 5.76 Å². The Morgan fingerprint density at radius 2 is 1.53 bits per heavy atom. The molecule has 3 aromatic rings. The van der Waals surface area contributed by atoms with Gasteiger partial charge in [0, 0.05) is 17.1 Å². The first-order valence-electron chi connectivity index (χ1n) is 11.3. The van der Waals surface area contributed by atoms with Gasteiger partial charge < -0.3 is 24.2 Å². The maximum atomic E-state index is 13.3. The van der Waals surface area contributed by atoms with E-state index in [0.717, 1.165) is 5.56 Å². The number of rotatable bonds is 8. The van der Waals surface area contributed by atoms with Crippen LogP contribution in [0.3, 0.4) is 0 Å². The summed E-state index contributed by atoms with van der Waals surface area (Å²) >= 11 is 6.00. The van der Waals surface area contributed by atoms with Gasteiger partial charge in [0.05, 0.1) is 32.9 Å². The summed E-state index contributed by atoms with van der Waals surface area (Å²) in [6.07, 6.45) is 0.524. The number of likely N-dealkylation sites (tertiary alicyclic amines) is 1. The zero-order chi connectivity index (χ0) is 25.8. The molecule has 1 aliphatic heterocycles. The van der Waals surface area contributed by atoms with E-state index in [1.807, 2.05) is 30.3 Å². The maximum absolute atomic E-state index is 13.3. The van der Waals surface area contributed by atoms with Gasteiger partial charge >= 0.3 is 0 Å². The highest BCUT2D eigenvalue weighted by atomic mass is 35.5. The number of aliphatic hydroxyl groups is 1. The van der Waals surface area contributed by atoms with Crippen molar-refractivity contribution in [2.24, 2.45) is 0 Å². The molecule has 1 heterocycles. The average Bonchev–Trinajstić information content (AvgIpc) is 3.16. The Bertz CT molecular complexity index is 1280. The highest BCUT2D eigenvalue weighted by Gasteiger charge is 2.46. The van der Waals surface area contributed by atoms with Crippen LogP contribution in [-0.2, 0) is 16.0 Å². The molecule has 1 atom stereocenters. The van der Waals surface area contributed by atoms with E-state index in [4.69, 9.17) is 25.8 Å². The van der Waals surface area contributed by atoms with Gasteiger partial charge in [-0.2, -0.15) is 0 Å². The lowest BCUT2D eigenvalue weighted by Gasteiger charge is -2.26. The first-order valence-corrected chi connectivity index (χ1v) is 11.7. The Morgan fingerprint density at radius 3 is 2.08 bits per heavy atom. The van der Waals surface area contributed by atoms with Crippen molar-refractivity contribution in [3.05, 3.63) is 94.0 Å². The van der Waals surface area contributed by atoms with Crippen molar-refractivity contribution in [1.29, 1.82) is 0 Å². The number of ketones is 1. The number of hydrogen-bond donors (Lipinski definition) is 1. The van der Waals surface area contributed by atoms with Crippen LogP contribution in [0.15, 0.2) is 72.3 Å². The number of ether oxygens (including phenoxy) is 3. The summed E-state index contributed by atoms with van der Waals surface area (Å²) in [6.45, 7) is 0.257. The Kier molecular flexibility index (Phi) is 7.50. The third-order valence-electron chi connectivity index (χ3n) is 6.14. The number of benzene rings is 3. The van der Waals surface area contributed by atoms with Gasteiger partial charge in [-0.25, -0.2) is 0 Å². The fourth-order valence-corrected chi connectivity index (χ4v) is 4.50. The number of nitrogens with zero attached hydrogens (tertiary/aromatic N) is 1. The van der Waals surface area contributed by atoms with Crippen molar-refractivity contribution in [3.63, 3.8) is 0 Å². The van der Waals surface area contributed by atoms with Crippen molar-refractivity contribution in [3.8, 4) is 17.2 Å². The van der Waals surface area contributed by atoms with E-state index in [9.17, 15) is 14.7 Å². The summed E-state index contributed by atoms with van der Waals surface area (Å²) in [4.78, 5) is 28.0. The van der Waals surface area contributed by atoms with Gasteiger partial charge in [0.15, 0.2) is 11.5 Å². The van der Waals surface area contributed by atoms with Crippen molar-refractivity contribution >= 4 is 29.1 Å². The third kappa shape index (κ3) is 4.75. The molecule has 186 valence electrons. The monoisotopic (exact) mass is 507 g/mol. The number of halogens is 1. The number of carbonyl (C=O) groups excluding carboxylic acids is 2. The summed E-state index contributed by atoms with van der Waals surface area (Å²) in [5.74, 6) is -0.637. The number of aliphatic hydroxyl groups excluding tert-OH is 1. The van der Waals surface area contributed by atoms with Crippen LogP contribution < -0.4 is 14.2 Å². The van der Waals surface area contributed by atoms with Crippen LogP contribution in [0, 0.1) is 0 Å². The predicted octanol–water partition coefficient (Wildman–Crippen LogP) is 5.03. The first-order chi connectivity index (χ1) is 17.4. The fourth-order valence-electron chi connectivity index (χ4n) is 4.37. The Hall–Kier alpha value is -3.97. The van der Waals surface area contributed by atoms with E-state index < -0.39 is 17.7 Å². The first kappa shape index (κ1) is 25.1. The van der Waals surface area contributed by atoms with Crippen LogP contribution in [0.2, 0.25) is 5.02 Å². The minimum atomic E-state index is -0.877. The van der Waals surface area contributed by atoms with Crippen molar-refractivity contribution < 1.29 is 28.9 Å². The Balaban J connectivity index is 1.88. The van der Waals surface area contributed by atoms with E-state index in [1.165, 1.54) is 26.2 Å². The Labute approximate surface area is 214 Å². The molecule has 7 nitrogen and oxygen atoms in total. The van der Waals surface area contributed by atoms with E-state index in [-0.39, 0.29) is 17.9 Å². The van der Waals surface area contributed by atoms with E-state index in [2.05, 4.69) is 0 Å². The minimum absolute atomic E-state index is 0.0235.